The maximum absolute atomic E-state index is 12.6. The third-order valence-electron chi connectivity index (χ3n) is 3.15. The second-order valence-corrected chi connectivity index (χ2v) is 7.42. The molecule has 5 nitrogen and oxygen atoms in total. The Bertz CT molecular complexity index is 607. The van der Waals surface area contributed by atoms with Crippen LogP contribution in [0.25, 0.3) is 0 Å². The van der Waals surface area contributed by atoms with Crippen LogP contribution in [-0.4, -0.2) is 27.7 Å². The third kappa shape index (κ3) is 3.50. The fourth-order valence-corrected chi connectivity index (χ4v) is 4.28. The number of methoxy groups -OCH3 is 1. The molecule has 1 rings (SSSR count). The van der Waals surface area contributed by atoms with Gasteiger partial charge in [0, 0.05) is 12.8 Å². The van der Waals surface area contributed by atoms with Crippen LogP contribution in [0.5, 0.6) is 0 Å². The van der Waals surface area contributed by atoms with E-state index in [0.29, 0.717) is 16.8 Å². The van der Waals surface area contributed by atoms with Gasteiger partial charge in [-0.3, -0.25) is 0 Å². The lowest BCUT2D eigenvalue weighted by Gasteiger charge is -2.26. The molecule has 0 aliphatic rings. The van der Waals surface area contributed by atoms with Crippen LogP contribution in [0.2, 0.25) is 0 Å². The molecule has 1 aromatic rings. The fourth-order valence-electron chi connectivity index (χ4n) is 2.40. The number of hydrogen-bond acceptors (Lipinski definition) is 4. The van der Waals surface area contributed by atoms with Crippen molar-refractivity contribution in [3.8, 4) is 0 Å². The second-order valence-electron chi connectivity index (χ2n) is 5.80. The Balaban J connectivity index is 3.34. The van der Waals surface area contributed by atoms with Crippen molar-refractivity contribution in [1.82, 2.24) is 4.72 Å². The average Bonchev–Trinajstić information content (AvgIpc) is 2.23. The van der Waals surface area contributed by atoms with Gasteiger partial charge in [0.1, 0.15) is 0 Å². The van der Waals surface area contributed by atoms with Gasteiger partial charge in [0.05, 0.1) is 17.0 Å². The van der Waals surface area contributed by atoms with E-state index in [4.69, 9.17) is 10.5 Å². The predicted molar refractivity (Wildman–Crippen MR) is 81.3 cm³/mol. The Morgan fingerprint density at radius 2 is 1.80 bits per heavy atom. The van der Waals surface area contributed by atoms with Crippen molar-refractivity contribution in [2.45, 2.75) is 45.1 Å². The topological polar surface area (TPSA) is 81.4 Å². The van der Waals surface area contributed by atoms with Gasteiger partial charge in [0.2, 0.25) is 10.0 Å². The number of nitrogens with two attached hydrogens (primary N) is 1. The molecule has 6 heteroatoms. The zero-order valence-electron chi connectivity index (χ0n) is 13.0. The maximum atomic E-state index is 12.6. The van der Waals surface area contributed by atoms with Crippen LogP contribution in [-0.2, 0) is 14.8 Å². The number of hydrogen-bond donors (Lipinski definition) is 2. The molecule has 0 amide bonds. The third-order valence-corrected chi connectivity index (χ3v) is 5.13. The Kier molecular flexibility index (Phi) is 4.84. The Morgan fingerprint density at radius 3 is 2.30 bits per heavy atom. The lowest BCUT2D eigenvalue weighted by molar-refractivity contribution is 0.141. The average molecular weight is 300 g/mol. The minimum absolute atomic E-state index is 0.254. The molecule has 0 aliphatic carbocycles. The van der Waals surface area contributed by atoms with Crippen molar-refractivity contribution in [2.24, 2.45) is 0 Å². The van der Waals surface area contributed by atoms with E-state index >= 15 is 0 Å². The molecule has 114 valence electrons. The first kappa shape index (κ1) is 16.9. The Morgan fingerprint density at radius 1 is 1.25 bits per heavy atom. The number of rotatable bonds is 5. The van der Waals surface area contributed by atoms with Crippen LogP contribution >= 0.6 is 0 Å². The molecule has 0 fully saturated rings. The van der Waals surface area contributed by atoms with Crippen LogP contribution in [0, 0.1) is 20.8 Å². The van der Waals surface area contributed by atoms with E-state index < -0.39 is 15.6 Å². The van der Waals surface area contributed by atoms with Gasteiger partial charge in [-0.15, -0.1) is 0 Å². The number of aryl methyl sites for hydroxylation is 2. The molecule has 0 heterocycles. The zero-order chi connectivity index (χ0) is 15.7. The quantitative estimate of drug-likeness (QED) is 0.814. The van der Waals surface area contributed by atoms with E-state index in [1.807, 2.05) is 6.92 Å². The molecule has 0 aromatic heterocycles. The highest BCUT2D eigenvalue weighted by molar-refractivity contribution is 7.89. The molecule has 1 aromatic carbocycles. The number of nitrogens with one attached hydrogen (secondary N) is 1. The molecule has 0 atom stereocenters. The first-order valence-electron chi connectivity index (χ1n) is 6.41. The molecule has 0 saturated carbocycles. The summed E-state index contributed by atoms with van der Waals surface area (Å²) in [5.41, 5.74) is 7.94. The minimum atomic E-state index is -3.65. The molecule has 0 radical (unpaired) electrons. The van der Waals surface area contributed by atoms with Crippen molar-refractivity contribution in [3.05, 3.63) is 22.8 Å². The molecule has 3 N–H and O–H groups in total. The summed E-state index contributed by atoms with van der Waals surface area (Å²) in [6, 6.07) is 1.79. The molecule has 0 spiro atoms. The first-order chi connectivity index (χ1) is 9.02. The van der Waals surface area contributed by atoms with Gasteiger partial charge in [-0.2, -0.15) is 0 Å². The summed E-state index contributed by atoms with van der Waals surface area (Å²) in [7, 11) is -2.11. The summed E-state index contributed by atoms with van der Waals surface area (Å²) in [6.45, 7) is 9.21. The normalized spacial score (nSPS) is 12.7. The second kappa shape index (κ2) is 5.71. The fraction of sp³-hybridized carbons (Fsp3) is 0.571. The SMILES string of the molecule is COCC(C)(C)NS(=O)(=O)c1c(C)cc(C)c(N)c1C. The number of sulfonamides is 1. The van der Waals surface area contributed by atoms with Gasteiger partial charge in [-0.25, -0.2) is 13.1 Å². The summed E-state index contributed by atoms with van der Waals surface area (Å²) < 4.78 is 32.9. The Labute approximate surface area is 121 Å². The molecule has 0 aliphatic heterocycles. The van der Waals surface area contributed by atoms with Gasteiger partial charge in [-0.1, -0.05) is 6.07 Å². The van der Waals surface area contributed by atoms with E-state index in [2.05, 4.69) is 4.72 Å². The summed E-state index contributed by atoms with van der Waals surface area (Å²) in [5.74, 6) is 0. The highest BCUT2D eigenvalue weighted by Gasteiger charge is 2.29. The highest BCUT2D eigenvalue weighted by Crippen LogP contribution is 2.28. The standard InChI is InChI=1S/C14H24N2O3S/c1-9-7-10(2)13(11(3)12(9)15)20(17,18)16-14(4,5)8-19-6/h7,16H,8,15H2,1-6H3. The number of anilines is 1. The predicted octanol–water partition coefficient (Wildman–Crippen LogP) is 1.90. The maximum Gasteiger partial charge on any atom is 0.241 e. The lowest BCUT2D eigenvalue weighted by Crippen LogP contribution is -2.47. The molecule has 20 heavy (non-hydrogen) atoms. The van der Waals surface area contributed by atoms with E-state index in [1.54, 1.807) is 33.8 Å². The molecular weight excluding hydrogens is 276 g/mol. The van der Waals surface area contributed by atoms with Crippen molar-refractivity contribution in [1.29, 1.82) is 0 Å². The van der Waals surface area contributed by atoms with Crippen molar-refractivity contribution >= 4 is 15.7 Å². The monoisotopic (exact) mass is 300 g/mol. The summed E-state index contributed by atoms with van der Waals surface area (Å²) in [4.78, 5) is 0.254. The largest absolute Gasteiger partial charge is 0.398 e. The van der Waals surface area contributed by atoms with Gasteiger partial charge >= 0.3 is 0 Å². The van der Waals surface area contributed by atoms with Crippen LogP contribution in [0.3, 0.4) is 0 Å². The summed E-state index contributed by atoms with van der Waals surface area (Å²) in [5, 5.41) is 0. The lowest BCUT2D eigenvalue weighted by atomic mass is 10.1. The van der Waals surface area contributed by atoms with E-state index in [0.717, 1.165) is 5.56 Å². The van der Waals surface area contributed by atoms with Gasteiger partial charge in [-0.05, 0) is 51.3 Å². The van der Waals surface area contributed by atoms with Gasteiger partial charge < -0.3 is 10.5 Å². The van der Waals surface area contributed by atoms with E-state index in [9.17, 15) is 8.42 Å². The van der Waals surface area contributed by atoms with Crippen molar-refractivity contribution in [2.75, 3.05) is 19.5 Å². The van der Waals surface area contributed by atoms with Crippen LogP contribution < -0.4 is 10.5 Å². The van der Waals surface area contributed by atoms with Gasteiger partial charge in [0.25, 0.3) is 0 Å². The van der Waals surface area contributed by atoms with Crippen molar-refractivity contribution < 1.29 is 13.2 Å². The van der Waals surface area contributed by atoms with E-state index in [-0.39, 0.29) is 11.5 Å². The van der Waals surface area contributed by atoms with E-state index in [1.165, 1.54) is 7.11 Å². The zero-order valence-corrected chi connectivity index (χ0v) is 13.8. The number of nitrogen functional groups attached to an aromatic ring is 1. The Hall–Kier alpha value is -1.11. The minimum Gasteiger partial charge on any atom is -0.398 e. The number of benzene rings is 1. The molecule has 0 saturated heterocycles. The highest BCUT2D eigenvalue weighted by atomic mass is 32.2. The molecular formula is C14H24N2O3S. The van der Waals surface area contributed by atoms with Crippen LogP contribution in [0.4, 0.5) is 5.69 Å². The van der Waals surface area contributed by atoms with Gasteiger partial charge in [0.15, 0.2) is 0 Å². The summed E-state index contributed by atoms with van der Waals surface area (Å²) in [6.07, 6.45) is 0. The first-order valence-corrected chi connectivity index (χ1v) is 7.89. The summed E-state index contributed by atoms with van der Waals surface area (Å²) >= 11 is 0. The smallest absolute Gasteiger partial charge is 0.241 e. The van der Waals surface area contributed by atoms with Crippen LogP contribution in [0.15, 0.2) is 11.0 Å². The number of ether oxygens (including phenoxy) is 1. The molecule has 0 unspecified atom stereocenters. The molecule has 0 bridgehead atoms. The van der Waals surface area contributed by atoms with Crippen molar-refractivity contribution in [3.63, 3.8) is 0 Å². The van der Waals surface area contributed by atoms with Crippen LogP contribution in [0.1, 0.15) is 30.5 Å².